The fourth-order valence-electron chi connectivity index (χ4n) is 2.00. The number of Topliss-reactive ketones (excluding diaryl/α,β-unsaturated/α-hetero) is 1. The molecule has 0 aliphatic heterocycles. The first-order chi connectivity index (χ1) is 9.22. The normalized spacial score (nSPS) is 10.4. The molecule has 1 aromatic heterocycles. The molecule has 0 radical (unpaired) electrons. The molecule has 0 saturated carbocycles. The molecule has 1 aromatic carbocycles. The van der Waals surface area contributed by atoms with Crippen molar-refractivity contribution in [2.24, 2.45) is 0 Å². The zero-order valence-corrected chi connectivity index (χ0v) is 11.3. The molecule has 0 unspecified atom stereocenters. The summed E-state index contributed by atoms with van der Waals surface area (Å²) >= 11 is 0. The predicted molar refractivity (Wildman–Crippen MR) is 73.5 cm³/mol. The number of hydrogen-bond donors (Lipinski definition) is 0. The largest absolute Gasteiger partial charge is 0.491 e. The highest BCUT2D eigenvalue weighted by Gasteiger charge is 2.07. The zero-order valence-electron chi connectivity index (χ0n) is 11.3. The van der Waals surface area contributed by atoms with Crippen molar-refractivity contribution in [2.75, 3.05) is 6.61 Å². The minimum atomic E-state index is 0.0208. The highest BCUT2D eigenvalue weighted by atomic mass is 16.5. The van der Waals surface area contributed by atoms with Gasteiger partial charge in [0.15, 0.2) is 5.78 Å². The number of benzene rings is 1. The number of ketones is 1. The monoisotopic (exact) mass is 258 g/mol. The van der Waals surface area contributed by atoms with Crippen molar-refractivity contribution in [3.63, 3.8) is 0 Å². The zero-order chi connectivity index (χ0) is 13.7. The molecular formula is C15H18N2O2. The van der Waals surface area contributed by atoms with Crippen LogP contribution >= 0.6 is 0 Å². The van der Waals surface area contributed by atoms with Gasteiger partial charge in [0, 0.05) is 18.8 Å². The molecule has 1 heterocycles. The van der Waals surface area contributed by atoms with Crippen LogP contribution in [0.25, 0.3) is 0 Å². The molecule has 0 atom stereocenters. The van der Waals surface area contributed by atoms with Gasteiger partial charge in [-0.05, 0) is 19.1 Å². The van der Waals surface area contributed by atoms with E-state index in [9.17, 15) is 4.79 Å². The van der Waals surface area contributed by atoms with Gasteiger partial charge in [0.1, 0.15) is 18.2 Å². The van der Waals surface area contributed by atoms with Gasteiger partial charge in [-0.15, -0.1) is 0 Å². The number of aromatic nitrogens is 2. The molecule has 0 spiro atoms. The van der Waals surface area contributed by atoms with Crippen LogP contribution in [0.4, 0.5) is 0 Å². The molecule has 0 bridgehead atoms. The molecule has 0 aliphatic rings. The van der Waals surface area contributed by atoms with Gasteiger partial charge in [-0.2, -0.15) is 0 Å². The number of rotatable bonds is 6. The van der Waals surface area contributed by atoms with Crippen LogP contribution in [0.3, 0.4) is 0 Å². The lowest BCUT2D eigenvalue weighted by Gasteiger charge is -2.11. The SMILES string of the molecule is CCc1nccn1CCOc1ccccc1C(C)=O. The molecule has 0 N–H and O–H groups in total. The summed E-state index contributed by atoms with van der Waals surface area (Å²) in [6.45, 7) is 4.88. The Kier molecular flexibility index (Phi) is 4.34. The summed E-state index contributed by atoms with van der Waals surface area (Å²) in [5, 5.41) is 0. The molecular weight excluding hydrogens is 240 g/mol. The van der Waals surface area contributed by atoms with Gasteiger partial charge in [-0.1, -0.05) is 19.1 Å². The number of hydrogen-bond acceptors (Lipinski definition) is 3. The Labute approximate surface area is 113 Å². The summed E-state index contributed by atoms with van der Waals surface area (Å²) in [7, 11) is 0. The van der Waals surface area contributed by atoms with E-state index in [4.69, 9.17) is 4.74 Å². The van der Waals surface area contributed by atoms with Crippen LogP contribution in [0.1, 0.15) is 30.0 Å². The molecule has 0 aliphatic carbocycles. The van der Waals surface area contributed by atoms with Crippen molar-refractivity contribution in [2.45, 2.75) is 26.8 Å². The first-order valence-electron chi connectivity index (χ1n) is 6.45. The summed E-state index contributed by atoms with van der Waals surface area (Å²) in [6.07, 6.45) is 4.64. The van der Waals surface area contributed by atoms with E-state index in [0.717, 1.165) is 18.8 Å². The Hall–Kier alpha value is -2.10. The lowest BCUT2D eigenvalue weighted by Crippen LogP contribution is -2.11. The van der Waals surface area contributed by atoms with E-state index in [1.54, 1.807) is 19.2 Å². The van der Waals surface area contributed by atoms with Crippen LogP contribution in [0.15, 0.2) is 36.7 Å². The summed E-state index contributed by atoms with van der Waals surface area (Å²) < 4.78 is 7.77. The van der Waals surface area contributed by atoms with Gasteiger partial charge in [0.25, 0.3) is 0 Å². The Morgan fingerprint density at radius 2 is 2.16 bits per heavy atom. The topological polar surface area (TPSA) is 44.1 Å². The quantitative estimate of drug-likeness (QED) is 0.748. The molecule has 0 fully saturated rings. The third-order valence-corrected chi connectivity index (χ3v) is 2.97. The molecule has 19 heavy (non-hydrogen) atoms. The Morgan fingerprint density at radius 1 is 1.37 bits per heavy atom. The number of nitrogens with zero attached hydrogens (tertiary/aromatic N) is 2. The first kappa shape index (κ1) is 13.3. The lowest BCUT2D eigenvalue weighted by molar-refractivity contribution is 0.101. The Morgan fingerprint density at radius 3 is 2.89 bits per heavy atom. The summed E-state index contributed by atoms with van der Waals surface area (Å²) in [4.78, 5) is 15.7. The number of para-hydroxylation sites is 1. The number of carbonyl (C=O) groups is 1. The third kappa shape index (κ3) is 3.22. The van der Waals surface area contributed by atoms with Crippen molar-refractivity contribution in [3.8, 4) is 5.75 Å². The van der Waals surface area contributed by atoms with Crippen LogP contribution in [0.2, 0.25) is 0 Å². The van der Waals surface area contributed by atoms with Gasteiger partial charge < -0.3 is 9.30 Å². The van der Waals surface area contributed by atoms with Gasteiger partial charge >= 0.3 is 0 Å². The van der Waals surface area contributed by atoms with Crippen LogP contribution in [0.5, 0.6) is 5.75 Å². The molecule has 2 rings (SSSR count). The number of carbonyl (C=O) groups excluding carboxylic acids is 1. The van der Waals surface area contributed by atoms with E-state index in [0.29, 0.717) is 17.9 Å². The maximum Gasteiger partial charge on any atom is 0.163 e. The molecule has 0 saturated heterocycles. The van der Waals surface area contributed by atoms with Crippen LogP contribution in [-0.4, -0.2) is 21.9 Å². The van der Waals surface area contributed by atoms with E-state index in [2.05, 4.69) is 16.5 Å². The second kappa shape index (κ2) is 6.18. The number of ether oxygens (including phenoxy) is 1. The third-order valence-electron chi connectivity index (χ3n) is 2.97. The van der Waals surface area contributed by atoms with Gasteiger partial charge in [-0.25, -0.2) is 4.98 Å². The van der Waals surface area contributed by atoms with Gasteiger partial charge in [0.2, 0.25) is 0 Å². The summed E-state index contributed by atoms with van der Waals surface area (Å²) in [6, 6.07) is 7.32. The fraction of sp³-hybridized carbons (Fsp3) is 0.333. The second-order valence-corrected chi connectivity index (χ2v) is 4.29. The Balaban J connectivity index is 1.98. The number of imidazole rings is 1. The van der Waals surface area contributed by atoms with Crippen molar-refractivity contribution in [1.29, 1.82) is 0 Å². The van der Waals surface area contributed by atoms with E-state index >= 15 is 0 Å². The molecule has 4 heteroatoms. The van der Waals surface area contributed by atoms with Crippen molar-refractivity contribution < 1.29 is 9.53 Å². The van der Waals surface area contributed by atoms with Crippen molar-refractivity contribution in [3.05, 3.63) is 48.0 Å². The highest BCUT2D eigenvalue weighted by molar-refractivity contribution is 5.96. The van der Waals surface area contributed by atoms with Crippen molar-refractivity contribution in [1.82, 2.24) is 9.55 Å². The van der Waals surface area contributed by atoms with Crippen LogP contribution in [0, 0.1) is 0 Å². The van der Waals surface area contributed by atoms with E-state index in [1.165, 1.54) is 0 Å². The minimum absolute atomic E-state index is 0.0208. The maximum absolute atomic E-state index is 11.5. The molecule has 4 nitrogen and oxygen atoms in total. The molecule has 0 amide bonds. The standard InChI is InChI=1S/C15H18N2O2/c1-3-15-16-8-9-17(15)10-11-19-14-7-5-4-6-13(14)12(2)18/h4-9H,3,10-11H2,1-2H3. The number of aryl methyl sites for hydroxylation is 1. The molecule has 2 aromatic rings. The minimum Gasteiger partial charge on any atom is -0.491 e. The van der Waals surface area contributed by atoms with Gasteiger partial charge in [0.05, 0.1) is 12.1 Å². The smallest absolute Gasteiger partial charge is 0.163 e. The fourth-order valence-corrected chi connectivity index (χ4v) is 2.00. The molecule has 100 valence electrons. The second-order valence-electron chi connectivity index (χ2n) is 4.29. The van der Waals surface area contributed by atoms with Crippen LogP contribution < -0.4 is 4.74 Å². The van der Waals surface area contributed by atoms with Crippen LogP contribution in [-0.2, 0) is 13.0 Å². The summed E-state index contributed by atoms with van der Waals surface area (Å²) in [5.74, 6) is 1.71. The van der Waals surface area contributed by atoms with E-state index in [1.807, 2.05) is 24.4 Å². The van der Waals surface area contributed by atoms with Crippen molar-refractivity contribution >= 4 is 5.78 Å². The average molecular weight is 258 g/mol. The highest BCUT2D eigenvalue weighted by Crippen LogP contribution is 2.18. The van der Waals surface area contributed by atoms with E-state index < -0.39 is 0 Å². The predicted octanol–water partition coefficient (Wildman–Crippen LogP) is 2.73. The summed E-state index contributed by atoms with van der Waals surface area (Å²) in [5.41, 5.74) is 0.629. The van der Waals surface area contributed by atoms with E-state index in [-0.39, 0.29) is 5.78 Å². The Bertz CT molecular complexity index is 561. The lowest BCUT2D eigenvalue weighted by atomic mass is 10.1. The van der Waals surface area contributed by atoms with Gasteiger partial charge in [-0.3, -0.25) is 4.79 Å². The maximum atomic E-state index is 11.5. The first-order valence-corrected chi connectivity index (χ1v) is 6.45. The average Bonchev–Trinajstić information content (AvgIpc) is 2.86.